The smallest absolute Gasteiger partial charge is 0.290 e. The van der Waals surface area contributed by atoms with Crippen LogP contribution in [0.3, 0.4) is 0 Å². The van der Waals surface area contributed by atoms with E-state index < -0.39 is 5.91 Å². The summed E-state index contributed by atoms with van der Waals surface area (Å²) in [5.74, 6) is -0.560. The topological polar surface area (TPSA) is 88.6 Å². The van der Waals surface area contributed by atoms with Crippen molar-refractivity contribution in [2.24, 2.45) is 5.73 Å². The first-order valence-corrected chi connectivity index (χ1v) is 6.02. The Labute approximate surface area is 105 Å². The van der Waals surface area contributed by atoms with E-state index in [1.165, 1.54) is 11.2 Å². The van der Waals surface area contributed by atoms with Gasteiger partial charge in [0.25, 0.3) is 5.91 Å². The van der Waals surface area contributed by atoms with E-state index in [0.717, 1.165) is 19.4 Å². The van der Waals surface area contributed by atoms with Crippen molar-refractivity contribution in [1.29, 1.82) is 0 Å². The number of nitrogens with zero attached hydrogens (tertiary/aromatic N) is 1. The Morgan fingerprint density at radius 2 is 2.39 bits per heavy atom. The van der Waals surface area contributed by atoms with Crippen LogP contribution in [0.1, 0.15) is 23.4 Å². The Balaban J connectivity index is 2.13. The zero-order valence-corrected chi connectivity index (χ0v) is 10.1. The number of primary amides is 1. The molecule has 6 heteroatoms. The highest BCUT2D eigenvalue weighted by Gasteiger charge is 2.28. The number of hydrogen-bond acceptors (Lipinski definition) is 4. The molecule has 1 aliphatic rings. The summed E-state index contributed by atoms with van der Waals surface area (Å²) < 4.78 is 5.08. The first kappa shape index (κ1) is 12.6. The maximum atomic E-state index is 12.2. The summed E-state index contributed by atoms with van der Waals surface area (Å²) in [7, 11) is 0. The molecule has 2 rings (SSSR count). The largest absolute Gasteiger partial charge is 0.459 e. The normalized spacial score (nSPS) is 19.4. The lowest BCUT2D eigenvalue weighted by atomic mass is 10.1. The molecule has 0 bridgehead atoms. The maximum Gasteiger partial charge on any atom is 0.290 e. The van der Waals surface area contributed by atoms with Gasteiger partial charge in [0.1, 0.15) is 6.54 Å². The second-order valence-corrected chi connectivity index (χ2v) is 4.38. The molecule has 0 spiro atoms. The molecule has 3 N–H and O–H groups in total. The fourth-order valence-electron chi connectivity index (χ4n) is 2.18. The highest BCUT2D eigenvalue weighted by atomic mass is 16.3. The van der Waals surface area contributed by atoms with Crippen LogP contribution in [0, 0.1) is 0 Å². The first-order valence-electron chi connectivity index (χ1n) is 6.02. The van der Waals surface area contributed by atoms with Crippen LogP contribution in [0.4, 0.5) is 0 Å². The van der Waals surface area contributed by atoms with Gasteiger partial charge in [-0.25, -0.2) is 0 Å². The average Bonchev–Trinajstić information content (AvgIpc) is 2.90. The van der Waals surface area contributed by atoms with Crippen LogP contribution in [-0.2, 0) is 4.79 Å². The third-order valence-electron chi connectivity index (χ3n) is 3.03. The molecular formula is C12H17N3O3. The van der Waals surface area contributed by atoms with Crippen molar-refractivity contribution < 1.29 is 14.0 Å². The molecule has 2 heterocycles. The lowest BCUT2D eigenvalue weighted by Gasteiger charge is -2.33. The van der Waals surface area contributed by atoms with Crippen molar-refractivity contribution in [3.8, 4) is 0 Å². The Bertz CT molecular complexity index is 410. The third-order valence-corrected chi connectivity index (χ3v) is 3.03. The van der Waals surface area contributed by atoms with Crippen molar-refractivity contribution in [3.63, 3.8) is 0 Å². The molecule has 0 aromatic carbocycles. The Morgan fingerprint density at radius 3 is 2.94 bits per heavy atom. The number of nitrogens with two attached hydrogens (primary N) is 1. The second kappa shape index (κ2) is 5.68. The number of furan rings is 1. The van der Waals surface area contributed by atoms with Crippen molar-refractivity contribution in [3.05, 3.63) is 24.2 Å². The molecule has 1 saturated heterocycles. The number of rotatable bonds is 4. The Kier molecular flexibility index (Phi) is 3.99. The molecule has 18 heavy (non-hydrogen) atoms. The highest BCUT2D eigenvalue weighted by molar-refractivity contribution is 5.94. The summed E-state index contributed by atoms with van der Waals surface area (Å²) in [5.41, 5.74) is 5.21. The molecule has 2 amide bonds. The SMILES string of the molecule is NC(=O)CN(C(=O)c1ccco1)C1CCCNC1. The van der Waals surface area contributed by atoms with Crippen LogP contribution in [0.25, 0.3) is 0 Å². The molecule has 0 radical (unpaired) electrons. The minimum atomic E-state index is -0.513. The van der Waals surface area contributed by atoms with Gasteiger partial charge < -0.3 is 20.4 Å². The molecule has 0 saturated carbocycles. The Morgan fingerprint density at radius 1 is 1.56 bits per heavy atom. The van der Waals surface area contributed by atoms with Crippen molar-refractivity contribution in [2.75, 3.05) is 19.6 Å². The fourth-order valence-corrected chi connectivity index (χ4v) is 2.18. The molecule has 6 nitrogen and oxygen atoms in total. The van der Waals surface area contributed by atoms with Crippen LogP contribution in [0.5, 0.6) is 0 Å². The lowest BCUT2D eigenvalue weighted by molar-refractivity contribution is -0.119. The van der Waals surface area contributed by atoms with E-state index >= 15 is 0 Å². The second-order valence-electron chi connectivity index (χ2n) is 4.38. The molecule has 1 unspecified atom stereocenters. The molecule has 1 atom stereocenters. The minimum Gasteiger partial charge on any atom is -0.459 e. The number of piperidine rings is 1. The van der Waals surface area contributed by atoms with E-state index in [1.807, 2.05) is 0 Å². The van der Waals surface area contributed by atoms with Crippen LogP contribution < -0.4 is 11.1 Å². The van der Waals surface area contributed by atoms with E-state index in [9.17, 15) is 9.59 Å². The van der Waals surface area contributed by atoms with Gasteiger partial charge in [-0.05, 0) is 31.5 Å². The van der Waals surface area contributed by atoms with Crippen LogP contribution in [0.15, 0.2) is 22.8 Å². The number of carbonyl (C=O) groups is 2. The predicted octanol–water partition coefficient (Wildman–Crippen LogP) is -0.0409. The van der Waals surface area contributed by atoms with Crippen molar-refractivity contribution in [1.82, 2.24) is 10.2 Å². The van der Waals surface area contributed by atoms with Gasteiger partial charge in [0, 0.05) is 12.6 Å². The van der Waals surface area contributed by atoms with Gasteiger partial charge in [-0.15, -0.1) is 0 Å². The summed E-state index contributed by atoms with van der Waals surface area (Å²) in [6.07, 6.45) is 3.28. The zero-order chi connectivity index (χ0) is 13.0. The van der Waals surface area contributed by atoms with E-state index in [-0.39, 0.29) is 24.3 Å². The predicted molar refractivity (Wildman–Crippen MR) is 64.8 cm³/mol. The van der Waals surface area contributed by atoms with Gasteiger partial charge in [0.15, 0.2) is 5.76 Å². The third kappa shape index (κ3) is 2.89. The zero-order valence-electron chi connectivity index (χ0n) is 10.1. The standard InChI is InChI=1S/C12H17N3O3/c13-11(16)8-15(9-3-1-5-14-7-9)12(17)10-4-2-6-18-10/h2,4,6,9,14H,1,3,5,7-8H2,(H2,13,16). The average molecular weight is 251 g/mol. The monoisotopic (exact) mass is 251 g/mol. The van der Waals surface area contributed by atoms with Gasteiger partial charge in [0.2, 0.25) is 5.91 Å². The molecule has 1 aliphatic heterocycles. The van der Waals surface area contributed by atoms with Crippen LogP contribution in [0.2, 0.25) is 0 Å². The maximum absolute atomic E-state index is 12.2. The highest BCUT2D eigenvalue weighted by Crippen LogP contribution is 2.14. The van der Waals surface area contributed by atoms with Gasteiger partial charge in [0.05, 0.1) is 6.26 Å². The molecule has 1 fully saturated rings. The summed E-state index contributed by atoms with van der Waals surface area (Å²) in [6.45, 7) is 1.54. The number of nitrogens with one attached hydrogen (secondary N) is 1. The fraction of sp³-hybridized carbons (Fsp3) is 0.500. The summed E-state index contributed by atoms with van der Waals surface area (Å²) in [4.78, 5) is 24.8. The van der Waals surface area contributed by atoms with Gasteiger partial charge in [-0.1, -0.05) is 0 Å². The quantitative estimate of drug-likeness (QED) is 0.785. The van der Waals surface area contributed by atoms with E-state index in [0.29, 0.717) is 6.54 Å². The van der Waals surface area contributed by atoms with Gasteiger partial charge in [-0.2, -0.15) is 0 Å². The summed E-state index contributed by atoms with van der Waals surface area (Å²) >= 11 is 0. The minimum absolute atomic E-state index is 0.0103. The van der Waals surface area contributed by atoms with E-state index in [4.69, 9.17) is 10.2 Å². The van der Waals surface area contributed by atoms with Gasteiger partial charge in [-0.3, -0.25) is 9.59 Å². The summed E-state index contributed by atoms with van der Waals surface area (Å²) in [5, 5.41) is 3.21. The molecule has 98 valence electrons. The number of carbonyl (C=O) groups excluding carboxylic acids is 2. The molecule has 1 aromatic heterocycles. The van der Waals surface area contributed by atoms with Gasteiger partial charge >= 0.3 is 0 Å². The van der Waals surface area contributed by atoms with Crippen molar-refractivity contribution >= 4 is 11.8 Å². The lowest BCUT2D eigenvalue weighted by Crippen LogP contribution is -2.51. The number of hydrogen-bond donors (Lipinski definition) is 2. The van der Waals surface area contributed by atoms with E-state index in [1.54, 1.807) is 12.1 Å². The molecule has 1 aromatic rings. The Hall–Kier alpha value is -1.82. The molecule has 0 aliphatic carbocycles. The van der Waals surface area contributed by atoms with Crippen molar-refractivity contribution in [2.45, 2.75) is 18.9 Å². The summed E-state index contributed by atoms with van der Waals surface area (Å²) in [6, 6.07) is 3.23. The van der Waals surface area contributed by atoms with Crippen LogP contribution in [-0.4, -0.2) is 42.4 Å². The van der Waals surface area contributed by atoms with E-state index in [2.05, 4.69) is 5.32 Å². The van der Waals surface area contributed by atoms with Crippen LogP contribution >= 0.6 is 0 Å². The number of amides is 2. The first-order chi connectivity index (χ1) is 8.68. The molecular weight excluding hydrogens is 234 g/mol.